The molecule has 0 spiro atoms. The van der Waals surface area contributed by atoms with E-state index < -0.39 is 12.0 Å². The number of carboxylic acids is 1. The number of primary amides is 1. The molecule has 0 aromatic rings. The highest BCUT2D eigenvalue weighted by Gasteiger charge is 2.30. The quantitative estimate of drug-likeness (QED) is 0.572. The molecule has 5 N–H and O–H groups in total. The van der Waals surface area contributed by atoms with Gasteiger partial charge in [-0.1, -0.05) is 0 Å². The molecule has 0 saturated carbocycles. The SMILES string of the molecule is CC1CCC(C(N)=O)CN1CC(N)C(=O)O. The van der Waals surface area contributed by atoms with Crippen molar-refractivity contribution in [3.63, 3.8) is 0 Å². The van der Waals surface area contributed by atoms with Gasteiger partial charge in [0.2, 0.25) is 5.91 Å². The van der Waals surface area contributed by atoms with Gasteiger partial charge in [-0.25, -0.2) is 0 Å². The van der Waals surface area contributed by atoms with Crippen molar-refractivity contribution in [3.05, 3.63) is 0 Å². The predicted molar refractivity (Wildman–Crippen MR) is 58.6 cm³/mol. The highest BCUT2D eigenvalue weighted by molar-refractivity contribution is 5.77. The number of carbonyl (C=O) groups is 2. The average molecular weight is 229 g/mol. The van der Waals surface area contributed by atoms with Gasteiger partial charge in [0.15, 0.2) is 0 Å². The molecule has 1 aliphatic heterocycles. The van der Waals surface area contributed by atoms with E-state index in [1.807, 2.05) is 11.8 Å². The average Bonchev–Trinajstić information content (AvgIpc) is 2.20. The Balaban J connectivity index is 2.56. The zero-order valence-electron chi connectivity index (χ0n) is 9.43. The number of amides is 1. The summed E-state index contributed by atoms with van der Waals surface area (Å²) < 4.78 is 0. The monoisotopic (exact) mass is 229 g/mol. The summed E-state index contributed by atoms with van der Waals surface area (Å²) in [6, 6.07) is -0.657. The number of carbonyl (C=O) groups excluding carboxylic acids is 1. The van der Waals surface area contributed by atoms with Crippen molar-refractivity contribution in [2.45, 2.75) is 31.8 Å². The molecule has 3 atom stereocenters. The van der Waals surface area contributed by atoms with Gasteiger partial charge >= 0.3 is 5.97 Å². The van der Waals surface area contributed by atoms with Gasteiger partial charge in [0.05, 0.1) is 5.92 Å². The number of nitrogens with zero attached hydrogens (tertiary/aromatic N) is 1. The van der Waals surface area contributed by atoms with E-state index in [0.29, 0.717) is 6.54 Å². The number of piperidine rings is 1. The number of likely N-dealkylation sites (tertiary alicyclic amines) is 1. The van der Waals surface area contributed by atoms with Crippen molar-refractivity contribution in [3.8, 4) is 0 Å². The minimum absolute atomic E-state index is 0.183. The zero-order valence-corrected chi connectivity index (χ0v) is 9.43. The summed E-state index contributed by atoms with van der Waals surface area (Å²) in [5.74, 6) is -1.52. The van der Waals surface area contributed by atoms with Crippen LogP contribution in [-0.4, -0.2) is 47.1 Å². The van der Waals surface area contributed by atoms with E-state index in [9.17, 15) is 9.59 Å². The normalized spacial score (nSPS) is 28.6. The molecule has 1 rings (SSSR count). The Labute approximate surface area is 94.6 Å². The number of rotatable bonds is 4. The fourth-order valence-corrected chi connectivity index (χ4v) is 2.00. The van der Waals surface area contributed by atoms with Crippen LogP contribution in [-0.2, 0) is 9.59 Å². The Hall–Kier alpha value is -1.14. The minimum Gasteiger partial charge on any atom is -0.480 e. The molecular weight excluding hydrogens is 210 g/mol. The van der Waals surface area contributed by atoms with E-state index in [2.05, 4.69) is 0 Å². The van der Waals surface area contributed by atoms with Gasteiger partial charge in [0.1, 0.15) is 6.04 Å². The lowest BCUT2D eigenvalue weighted by Crippen LogP contribution is -2.51. The molecule has 3 unspecified atom stereocenters. The second kappa shape index (κ2) is 5.27. The van der Waals surface area contributed by atoms with Crippen molar-refractivity contribution in [2.75, 3.05) is 13.1 Å². The van der Waals surface area contributed by atoms with E-state index in [-0.39, 0.29) is 24.4 Å². The van der Waals surface area contributed by atoms with Crippen LogP contribution in [0.1, 0.15) is 19.8 Å². The van der Waals surface area contributed by atoms with E-state index in [1.54, 1.807) is 0 Å². The summed E-state index contributed by atoms with van der Waals surface area (Å²) >= 11 is 0. The van der Waals surface area contributed by atoms with Crippen LogP contribution in [0.15, 0.2) is 0 Å². The highest BCUT2D eigenvalue weighted by Crippen LogP contribution is 2.21. The molecule has 1 heterocycles. The van der Waals surface area contributed by atoms with Gasteiger partial charge in [-0.05, 0) is 19.8 Å². The lowest BCUT2D eigenvalue weighted by atomic mass is 9.92. The topological polar surface area (TPSA) is 110 Å². The largest absolute Gasteiger partial charge is 0.480 e. The van der Waals surface area contributed by atoms with Gasteiger partial charge < -0.3 is 16.6 Å². The Kier molecular flexibility index (Phi) is 4.26. The lowest BCUT2D eigenvalue weighted by molar-refractivity contribution is -0.139. The van der Waals surface area contributed by atoms with Crippen LogP contribution >= 0.6 is 0 Å². The van der Waals surface area contributed by atoms with Crippen LogP contribution in [0.2, 0.25) is 0 Å². The van der Waals surface area contributed by atoms with E-state index in [0.717, 1.165) is 12.8 Å². The van der Waals surface area contributed by atoms with Crippen molar-refractivity contribution in [1.29, 1.82) is 0 Å². The Morgan fingerprint density at radius 2 is 2.12 bits per heavy atom. The van der Waals surface area contributed by atoms with Crippen LogP contribution in [0, 0.1) is 5.92 Å². The second-order valence-corrected chi connectivity index (χ2v) is 4.42. The third-order valence-corrected chi connectivity index (χ3v) is 3.16. The lowest BCUT2D eigenvalue weighted by Gasteiger charge is -2.37. The van der Waals surface area contributed by atoms with Gasteiger partial charge in [-0.15, -0.1) is 0 Å². The van der Waals surface area contributed by atoms with Gasteiger partial charge in [-0.3, -0.25) is 14.5 Å². The molecule has 1 amide bonds. The van der Waals surface area contributed by atoms with E-state index in [1.165, 1.54) is 0 Å². The third kappa shape index (κ3) is 3.18. The molecule has 0 aromatic carbocycles. The van der Waals surface area contributed by atoms with Crippen LogP contribution < -0.4 is 11.5 Å². The zero-order chi connectivity index (χ0) is 12.3. The van der Waals surface area contributed by atoms with Gasteiger partial charge in [0.25, 0.3) is 0 Å². The summed E-state index contributed by atoms with van der Waals surface area (Å²) in [6.45, 7) is 2.78. The number of hydrogen-bond acceptors (Lipinski definition) is 4. The van der Waals surface area contributed by atoms with Crippen molar-refractivity contribution in [1.82, 2.24) is 4.90 Å². The van der Waals surface area contributed by atoms with Crippen molar-refractivity contribution >= 4 is 11.9 Å². The standard InChI is InChI=1S/C10H19N3O3/c1-6-2-3-7(9(12)14)4-13(6)5-8(11)10(15)16/h6-8H,2-5,11H2,1H3,(H2,12,14)(H,15,16). The Bertz CT molecular complexity index is 280. The molecule has 1 saturated heterocycles. The Morgan fingerprint density at radius 3 is 2.62 bits per heavy atom. The van der Waals surface area contributed by atoms with Gasteiger partial charge in [-0.2, -0.15) is 0 Å². The van der Waals surface area contributed by atoms with Crippen molar-refractivity contribution < 1.29 is 14.7 Å². The summed E-state index contributed by atoms with van der Waals surface area (Å²) in [5.41, 5.74) is 10.7. The van der Waals surface area contributed by atoms with Crippen LogP contribution in [0.4, 0.5) is 0 Å². The number of hydrogen-bond donors (Lipinski definition) is 3. The molecule has 1 fully saturated rings. The van der Waals surface area contributed by atoms with Gasteiger partial charge in [0, 0.05) is 19.1 Å². The molecule has 0 aromatic heterocycles. The number of nitrogens with two attached hydrogens (primary N) is 2. The fraction of sp³-hybridized carbons (Fsp3) is 0.800. The van der Waals surface area contributed by atoms with Crippen LogP contribution in [0.3, 0.4) is 0 Å². The molecule has 6 nitrogen and oxygen atoms in total. The summed E-state index contributed by atoms with van der Waals surface area (Å²) in [5, 5.41) is 8.73. The minimum atomic E-state index is -1.02. The number of aliphatic carboxylic acids is 1. The molecule has 92 valence electrons. The first kappa shape index (κ1) is 12.9. The first-order chi connectivity index (χ1) is 7.41. The van der Waals surface area contributed by atoms with E-state index >= 15 is 0 Å². The maximum atomic E-state index is 11.1. The summed E-state index contributed by atoms with van der Waals surface area (Å²) in [7, 11) is 0. The van der Waals surface area contributed by atoms with Crippen molar-refractivity contribution in [2.24, 2.45) is 17.4 Å². The number of carboxylic acid groups (broad SMARTS) is 1. The predicted octanol–water partition coefficient (Wildman–Crippen LogP) is -1.02. The fourth-order valence-electron chi connectivity index (χ4n) is 2.00. The molecule has 0 bridgehead atoms. The molecule has 0 radical (unpaired) electrons. The van der Waals surface area contributed by atoms with Crippen LogP contribution in [0.25, 0.3) is 0 Å². The molecular formula is C10H19N3O3. The molecule has 6 heteroatoms. The summed E-state index contributed by atoms with van der Waals surface area (Å²) in [6.07, 6.45) is 1.62. The smallest absolute Gasteiger partial charge is 0.321 e. The third-order valence-electron chi connectivity index (χ3n) is 3.16. The van der Waals surface area contributed by atoms with Crippen LogP contribution in [0.5, 0.6) is 0 Å². The summed E-state index contributed by atoms with van der Waals surface area (Å²) in [4.78, 5) is 23.7. The maximum absolute atomic E-state index is 11.1. The molecule has 16 heavy (non-hydrogen) atoms. The highest BCUT2D eigenvalue weighted by atomic mass is 16.4. The first-order valence-electron chi connectivity index (χ1n) is 5.43. The second-order valence-electron chi connectivity index (χ2n) is 4.42. The molecule has 0 aliphatic carbocycles. The Morgan fingerprint density at radius 1 is 1.50 bits per heavy atom. The molecule has 1 aliphatic rings. The maximum Gasteiger partial charge on any atom is 0.321 e. The first-order valence-corrected chi connectivity index (χ1v) is 5.43. The van der Waals surface area contributed by atoms with E-state index in [4.69, 9.17) is 16.6 Å².